The maximum absolute atomic E-state index is 5.55. The zero-order valence-corrected chi connectivity index (χ0v) is 11.7. The molecule has 21 heavy (non-hydrogen) atoms. The van der Waals surface area contributed by atoms with Crippen molar-refractivity contribution in [1.29, 1.82) is 0 Å². The van der Waals surface area contributed by atoms with Crippen LogP contribution in [0.3, 0.4) is 0 Å². The predicted octanol–water partition coefficient (Wildman–Crippen LogP) is 3.59. The van der Waals surface area contributed by atoms with E-state index in [0.717, 1.165) is 23.3 Å². The molecule has 1 aromatic carbocycles. The highest BCUT2D eigenvalue weighted by Gasteiger charge is 2.10. The van der Waals surface area contributed by atoms with E-state index in [2.05, 4.69) is 22.0 Å². The normalized spacial score (nSPS) is 10.5. The monoisotopic (exact) mass is 281 g/mol. The van der Waals surface area contributed by atoms with Crippen LogP contribution in [0.4, 0.5) is 0 Å². The number of pyridine rings is 1. The molecule has 0 fully saturated rings. The van der Waals surface area contributed by atoms with Gasteiger partial charge in [0.1, 0.15) is 5.75 Å². The molecule has 0 N–H and O–H groups in total. The molecule has 0 spiro atoms. The van der Waals surface area contributed by atoms with Crippen LogP contribution in [-0.2, 0) is 0 Å². The van der Waals surface area contributed by atoms with Crippen LogP contribution in [0.5, 0.6) is 5.75 Å². The molecule has 0 aliphatic heterocycles. The van der Waals surface area contributed by atoms with Gasteiger partial charge in [-0.2, -0.15) is 4.98 Å². The van der Waals surface area contributed by atoms with Crippen LogP contribution < -0.4 is 4.74 Å². The maximum Gasteiger partial charge on any atom is 0.258 e. The molecular weight excluding hydrogens is 266 g/mol. The summed E-state index contributed by atoms with van der Waals surface area (Å²) < 4.78 is 10.9. The topological polar surface area (TPSA) is 61.0 Å². The summed E-state index contributed by atoms with van der Waals surface area (Å²) in [7, 11) is 0. The van der Waals surface area contributed by atoms with Crippen molar-refractivity contribution in [2.24, 2.45) is 0 Å². The average Bonchev–Trinajstić information content (AvgIpc) is 3.04. The van der Waals surface area contributed by atoms with Gasteiger partial charge in [0.25, 0.3) is 5.89 Å². The minimum atomic E-state index is 0.490. The SMILES string of the molecule is CCCOc1ccc(-c2nc(-c3ccncc3)no2)cc1. The van der Waals surface area contributed by atoms with Gasteiger partial charge in [-0.25, -0.2) is 0 Å². The Morgan fingerprint density at radius 1 is 1.00 bits per heavy atom. The lowest BCUT2D eigenvalue weighted by Gasteiger charge is -2.03. The van der Waals surface area contributed by atoms with Crippen molar-refractivity contribution >= 4 is 0 Å². The van der Waals surface area contributed by atoms with Gasteiger partial charge < -0.3 is 9.26 Å². The van der Waals surface area contributed by atoms with E-state index in [1.807, 2.05) is 36.4 Å². The summed E-state index contributed by atoms with van der Waals surface area (Å²) >= 11 is 0. The average molecular weight is 281 g/mol. The Labute approximate surface area is 122 Å². The smallest absolute Gasteiger partial charge is 0.258 e. The molecule has 5 heteroatoms. The first kappa shape index (κ1) is 13.3. The molecule has 2 aromatic heterocycles. The Balaban J connectivity index is 1.80. The number of hydrogen-bond donors (Lipinski definition) is 0. The fraction of sp³-hybridized carbons (Fsp3) is 0.188. The van der Waals surface area contributed by atoms with Gasteiger partial charge in [0.05, 0.1) is 6.61 Å². The molecule has 0 atom stereocenters. The van der Waals surface area contributed by atoms with Gasteiger partial charge in [-0.1, -0.05) is 12.1 Å². The van der Waals surface area contributed by atoms with E-state index in [9.17, 15) is 0 Å². The van der Waals surface area contributed by atoms with Gasteiger partial charge in [-0.3, -0.25) is 4.98 Å². The van der Waals surface area contributed by atoms with E-state index < -0.39 is 0 Å². The van der Waals surface area contributed by atoms with Gasteiger partial charge in [-0.05, 0) is 42.8 Å². The van der Waals surface area contributed by atoms with Crippen LogP contribution in [0.2, 0.25) is 0 Å². The third-order valence-corrected chi connectivity index (χ3v) is 2.94. The second kappa shape index (κ2) is 6.17. The van der Waals surface area contributed by atoms with Crippen molar-refractivity contribution in [3.05, 3.63) is 48.8 Å². The third kappa shape index (κ3) is 3.08. The van der Waals surface area contributed by atoms with Crippen LogP contribution in [0, 0.1) is 0 Å². The standard InChI is InChI=1S/C16H15N3O2/c1-2-11-20-14-5-3-13(4-6-14)16-18-15(19-21-16)12-7-9-17-10-8-12/h3-10H,2,11H2,1H3. The fourth-order valence-electron chi connectivity index (χ4n) is 1.87. The van der Waals surface area contributed by atoms with Crippen molar-refractivity contribution < 1.29 is 9.26 Å². The molecule has 0 unspecified atom stereocenters. The number of rotatable bonds is 5. The summed E-state index contributed by atoms with van der Waals surface area (Å²) in [6, 6.07) is 11.3. The second-order valence-corrected chi connectivity index (χ2v) is 4.53. The van der Waals surface area contributed by atoms with Crippen LogP contribution in [0.1, 0.15) is 13.3 Å². The summed E-state index contributed by atoms with van der Waals surface area (Å²) in [5.41, 5.74) is 1.74. The van der Waals surface area contributed by atoms with E-state index >= 15 is 0 Å². The lowest BCUT2D eigenvalue weighted by Crippen LogP contribution is -1.94. The predicted molar refractivity (Wildman–Crippen MR) is 78.8 cm³/mol. The van der Waals surface area contributed by atoms with Crippen molar-refractivity contribution in [2.45, 2.75) is 13.3 Å². The van der Waals surface area contributed by atoms with E-state index in [1.54, 1.807) is 12.4 Å². The summed E-state index contributed by atoms with van der Waals surface area (Å²) in [5, 5.41) is 3.99. The second-order valence-electron chi connectivity index (χ2n) is 4.53. The number of ether oxygens (including phenoxy) is 1. The molecule has 0 amide bonds. The summed E-state index contributed by atoms with van der Waals surface area (Å²) in [6.45, 7) is 2.79. The summed E-state index contributed by atoms with van der Waals surface area (Å²) in [4.78, 5) is 8.37. The van der Waals surface area contributed by atoms with Crippen molar-refractivity contribution in [3.8, 4) is 28.6 Å². The van der Waals surface area contributed by atoms with Crippen LogP contribution in [0.15, 0.2) is 53.3 Å². The molecule has 2 heterocycles. The van der Waals surface area contributed by atoms with Gasteiger partial charge >= 0.3 is 0 Å². The van der Waals surface area contributed by atoms with Crippen molar-refractivity contribution in [1.82, 2.24) is 15.1 Å². The molecule has 3 rings (SSSR count). The third-order valence-electron chi connectivity index (χ3n) is 2.94. The largest absolute Gasteiger partial charge is 0.494 e. The molecular formula is C16H15N3O2. The molecule has 0 aliphatic rings. The Bertz CT molecular complexity index is 693. The molecule has 0 bridgehead atoms. The highest BCUT2D eigenvalue weighted by molar-refractivity contribution is 5.59. The molecule has 5 nitrogen and oxygen atoms in total. The van der Waals surface area contributed by atoms with Crippen molar-refractivity contribution in [2.75, 3.05) is 6.61 Å². The molecule has 0 saturated heterocycles. The van der Waals surface area contributed by atoms with Gasteiger partial charge in [0, 0.05) is 23.5 Å². The minimum Gasteiger partial charge on any atom is -0.494 e. The maximum atomic E-state index is 5.55. The van der Waals surface area contributed by atoms with Crippen molar-refractivity contribution in [3.63, 3.8) is 0 Å². The van der Waals surface area contributed by atoms with Crippen LogP contribution >= 0.6 is 0 Å². The number of hydrogen-bond acceptors (Lipinski definition) is 5. The molecule has 0 saturated carbocycles. The van der Waals surface area contributed by atoms with Crippen LogP contribution in [0.25, 0.3) is 22.8 Å². The summed E-state index contributed by atoms with van der Waals surface area (Å²) in [5.74, 6) is 1.89. The number of nitrogens with zero attached hydrogens (tertiary/aromatic N) is 3. The molecule has 3 aromatic rings. The van der Waals surface area contributed by atoms with E-state index in [4.69, 9.17) is 9.26 Å². The lowest BCUT2D eigenvalue weighted by atomic mass is 10.2. The van der Waals surface area contributed by atoms with E-state index in [1.165, 1.54) is 0 Å². The van der Waals surface area contributed by atoms with Crippen LogP contribution in [-0.4, -0.2) is 21.7 Å². The lowest BCUT2D eigenvalue weighted by molar-refractivity contribution is 0.317. The first-order chi connectivity index (χ1) is 10.4. The molecule has 0 aliphatic carbocycles. The Kier molecular flexibility index (Phi) is 3.91. The van der Waals surface area contributed by atoms with Gasteiger partial charge in [0.15, 0.2) is 0 Å². The summed E-state index contributed by atoms with van der Waals surface area (Å²) in [6.07, 6.45) is 4.39. The minimum absolute atomic E-state index is 0.490. The van der Waals surface area contributed by atoms with E-state index in [-0.39, 0.29) is 0 Å². The number of benzene rings is 1. The van der Waals surface area contributed by atoms with E-state index in [0.29, 0.717) is 18.3 Å². The van der Waals surface area contributed by atoms with Gasteiger partial charge in [0.2, 0.25) is 5.82 Å². The fourth-order valence-corrected chi connectivity index (χ4v) is 1.87. The zero-order valence-electron chi connectivity index (χ0n) is 11.7. The quantitative estimate of drug-likeness (QED) is 0.715. The highest BCUT2D eigenvalue weighted by atomic mass is 16.5. The Morgan fingerprint density at radius 3 is 2.48 bits per heavy atom. The Morgan fingerprint density at radius 2 is 1.76 bits per heavy atom. The first-order valence-electron chi connectivity index (χ1n) is 6.84. The first-order valence-corrected chi connectivity index (χ1v) is 6.84. The molecule has 106 valence electrons. The highest BCUT2D eigenvalue weighted by Crippen LogP contribution is 2.23. The zero-order chi connectivity index (χ0) is 14.5. The Hall–Kier alpha value is -2.69. The molecule has 0 radical (unpaired) electrons. The van der Waals surface area contributed by atoms with Gasteiger partial charge in [-0.15, -0.1) is 0 Å². The number of aromatic nitrogens is 3.